The van der Waals surface area contributed by atoms with Gasteiger partial charge in [-0.05, 0) is 13.8 Å². The van der Waals surface area contributed by atoms with Crippen LogP contribution in [0.15, 0.2) is 0 Å². The number of aliphatic hydroxyl groups is 3. The van der Waals surface area contributed by atoms with E-state index in [4.69, 9.17) is 24.1 Å². The Kier molecular flexibility index (Phi) is 22.2. The molecule has 17 heteroatoms. The number of esters is 3. The molecule has 230 valence electrons. The molecule has 0 aromatic rings. The zero-order valence-electron chi connectivity index (χ0n) is 22.0. The van der Waals surface area contributed by atoms with Crippen LogP contribution in [0.4, 0.5) is 0 Å². The number of ether oxygens (including phenoxy) is 5. The van der Waals surface area contributed by atoms with Gasteiger partial charge in [-0.15, -0.1) is 0 Å². The molecule has 2 rings (SSSR count). The van der Waals surface area contributed by atoms with Crippen LogP contribution in [0.2, 0.25) is 0 Å². The molecule has 0 saturated carbocycles. The lowest BCUT2D eigenvalue weighted by Gasteiger charge is -2.41. The maximum Gasteiger partial charge on any atom is 0.337 e. The molecule has 10 atom stereocenters. The summed E-state index contributed by atoms with van der Waals surface area (Å²) in [5.74, 6) is -2.10. The van der Waals surface area contributed by atoms with E-state index in [2.05, 4.69) is 27.1 Å². The summed E-state index contributed by atoms with van der Waals surface area (Å²) in [4.78, 5) is 33.2. The van der Waals surface area contributed by atoms with Gasteiger partial charge in [0.15, 0.2) is 6.10 Å². The minimum atomic E-state index is -1.05. The summed E-state index contributed by atoms with van der Waals surface area (Å²) in [5.41, 5.74) is 0. The molecule has 0 amide bonds. The molecule has 2 heterocycles. The first-order chi connectivity index (χ1) is 17.8. The van der Waals surface area contributed by atoms with Crippen LogP contribution < -0.4 is 0 Å². The third-order valence-corrected chi connectivity index (χ3v) is 12.4. The van der Waals surface area contributed by atoms with Crippen molar-refractivity contribution in [3.05, 3.63) is 0 Å². The first kappa shape index (κ1) is 40.7. The van der Waals surface area contributed by atoms with E-state index in [-0.39, 0.29) is 26.1 Å². The molecule has 11 nitrogen and oxygen atoms in total. The van der Waals surface area contributed by atoms with E-state index >= 15 is 0 Å². The van der Waals surface area contributed by atoms with Crippen molar-refractivity contribution in [2.24, 2.45) is 11.8 Å². The quantitative estimate of drug-likeness (QED) is 0.275. The van der Waals surface area contributed by atoms with Crippen molar-refractivity contribution in [2.45, 2.75) is 97.8 Å². The summed E-state index contributed by atoms with van der Waals surface area (Å²) in [6.07, 6.45) is -5.30. The molecule has 2 fully saturated rings. The van der Waals surface area contributed by atoms with Crippen LogP contribution in [-0.2, 0) is 96.0 Å². The molecule has 0 aliphatic carbocycles. The molecular formula is C22H40O11S6. The van der Waals surface area contributed by atoms with E-state index < -0.39 is 66.6 Å². The van der Waals surface area contributed by atoms with Gasteiger partial charge < -0.3 is 39.0 Å². The topological polar surface area (TPSA) is 158 Å². The lowest BCUT2D eigenvalue weighted by Crippen LogP contribution is -2.56. The van der Waals surface area contributed by atoms with Crippen LogP contribution >= 0.6 is 0 Å². The van der Waals surface area contributed by atoms with Gasteiger partial charge in [0.1, 0.15) is 18.3 Å². The Morgan fingerprint density at radius 1 is 0.821 bits per heavy atom. The molecular weight excluding hydrogens is 633 g/mol. The minimum Gasteiger partial charge on any atom is -0.467 e. The highest BCUT2D eigenvalue weighted by molar-refractivity contribution is 8.64. The van der Waals surface area contributed by atoms with Gasteiger partial charge in [-0.1, -0.05) is 21.3 Å². The predicted octanol–water partition coefficient (Wildman–Crippen LogP) is 0.192. The fourth-order valence-electron chi connectivity index (χ4n) is 3.96. The maximum absolute atomic E-state index is 11.4. The second kappa shape index (κ2) is 21.3. The minimum absolute atomic E-state index is 0. The van der Waals surface area contributed by atoms with Crippen molar-refractivity contribution in [1.82, 2.24) is 0 Å². The summed E-state index contributed by atoms with van der Waals surface area (Å²) in [6, 6.07) is 0. The largest absolute Gasteiger partial charge is 0.467 e. The molecule has 2 aliphatic heterocycles. The highest BCUT2D eigenvalue weighted by Gasteiger charge is 2.46. The molecule has 0 aromatic heterocycles. The molecule has 4 unspecified atom stereocenters. The fourth-order valence-corrected chi connectivity index (χ4v) is 9.44. The van der Waals surface area contributed by atoms with E-state index in [0.29, 0.717) is 0 Å². The van der Waals surface area contributed by atoms with Crippen molar-refractivity contribution >= 4 is 75.8 Å². The standard InChI is InChI=1S/C11H18O6.C10H18O5.CH4.S6/c1-5-8(13)10(11(14)15-4)16-6(2)9(5)17-7(3)12;1-5-9(13)8(4-11)14-6(2)10(5)15-7(3)12;;1-3-5-6-4-2/h5-6,8-10,13H,1-4H3;5-6,8-11,13H,4H2,1-3H3;1H4;/t5-,6-,8-,9?,10?;5-,6-,8?,9-,10?;;/m00../s1. The van der Waals surface area contributed by atoms with Crippen LogP contribution in [0.25, 0.3) is 0 Å². The predicted molar refractivity (Wildman–Crippen MR) is 160 cm³/mol. The molecule has 0 spiro atoms. The number of carbonyl (C=O) groups excluding carboxylic acids is 3. The summed E-state index contributed by atoms with van der Waals surface area (Å²) >= 11 is 9.03. The zero-order chi connectivity index (χ0) is 29.6. The van der Waals surface area contributed by atoms with E-state index in [1.165, 1.54) is 56.5 Å². The molecule has 2 saturated heterocycles. The third-order valence-electron chi connectivity index (χ3n) is 5.78. The van der Waals surface area contributed by atoms with E-state index in [0.717, 1.165) is 0 Å². The molecule has 0 aromatic carbocycles. The Morgan fingerprint density at radius 2 is 1.23 bits per heavy atom. The van der Waals surface area contributed by atoms with Crippen molar-refractivity contribution in [3.63, 3.8) is 0 Å². The van der Waals surface area contributed by atoms with Gasteiger partial charge in [0, 0.05) is 83.6 Å². The van der Waals surface area contributed by atoms with Crippen LogP contribution in [0, 0.1) is 11.8 Å². The highest BCUT2D eigenvalue weighted by Crippen LogP contribution is 2.29. The van der Waals surface area contributed by atoms with Gasteiger partial charge >= 0.3 is 17.9 Å². The summed E-state index contributed by atoms with van der Waals surface area (Å²) < 4.78 is 25.4. The van der Waals surface area contributed by atoms with E-state index in [1.807, 2.05) is 0 Å². The number of aliphatic hydroxyl groups excluding tert-OH is 3. The van der Waals surface area contributed by atoms with Crippen LogP contribution in [0.3, 0.4) is 0 Å². The number of carbonyl (C=O) groups is 3. The van der Waals surface area contributed by atoms with Gasteiger partial charge in [-0.3, -0.25) is 9.59 Å². The lowest BCUT2D eigenvalue weighted by molar-refractivity contribution is -0.216. The average molecular weight is 673 g/mol. The molecule has 0 bridgehead atoms. The molecule has 2 aliphatic rings. The highest BCUT2D eigenvalue weighted by atomic mass is 33.3. The summed E-state index contributed by atoms with van der Waals surface area (Å²) in [5, 5.41) is 28.7. The molecule has 39 heavy (non-hydrogen) atoms. The Hall–Kier alpha value is -0.470. The van der Waals surface area contributed by atoms with Crippen molar-refractivity contribution in [1.29, 1.82) is 0 Å². The number of hydrogen-bond acceptors (Lipinski definition) is 13. The van der Waals surface area contributed by atoms with Gasteiger partial charge in [0.2, 0.25) is 0 Å². The van der Waals surface area contributed by atoms with Gasteiger partial charge in [-0.25, -0.2) is 4.79 Å². The number of hydrogen-bond donors (Lipinski definition) is 3. The zero-order valence-corrected chi connectivity index (χ0v) is 26.9. The second-order valence-corrected chi connectivity index (χ2v) is 15.5. The third kappa shape index (κ3) is 13.8. The summed E-state index contributed by atoms with van der Waals surface area (Å²) in [6.45, 7) is 9.31. The maximum atomic E-state index is 11.4. The number of methoxy groups -OCH3 is 1. The van der Waals surface area contributed by atoms with Gasteiger partial charge in [0.25, 0.3) is 0 Å². The Balaban J connectivity index is 0. The first-order valence-electron chi connectivity index (χ1n) is 11.4. The average Bonchev–Trinajstić information content (AvgIpc) is 2.87. The van der Waals surface area contributed by atoms with Crippen molar-refractivity contribution in [2.75, 3.05) is 13.7 Å². The van der Waals surface area contributed by atoms with Crippen LogP contribution in [0.1, 0.15) is 49.0 Å². The molecule has 3 N–H and O–H groups in total. The smallest absolute Gasteiger partial charge is 0.337 e. The fraction of sp³-hybridized carbons (Fsp3) is 0.864. The lowest BCUT2D eigenvalue weighted by atomic mass is 9.88. The van der Waals surface area contributed by atoms with Gasteiger partial charge in [0.05, 0.1) is 38.1 Å². The van der Waals surface area contributed by atoms with Crippen LogP contribution in [-0.4, -0.2) is 95.8 Å². The van der Waals surface area contributed by atoms with Gasteiger partial charge in [-0.2, -0.15) is 0 Å². The summed E-state index contributed by atoms with van der Waals surface area (Å²) in [7, 11) is 6.86. The first-order valence-corrected chi connectivity index (χ1v) is 18.1. The Bertz CT molecular complexity index is 925. The monoisotopic (exact) mass is 672 g/mol. The normalized spacial score (nSPS) is 33.1. The molecule has 0 radical (unpaired) electrons. The van der Waals surface area contributed by atoms with Crippen molar-refractivity contribution < 1.29 is 53.4 Å². The van der Waals surface area contributed by atoms with E-state index in [1.54, 1.807) is 27.7 Å². The van der Waals surface area contributed by atoms with E-state index in [9.17, 15) is 24.6 Å². The number of rotatable bonds is 4. The Labute approximate surface area is 251 Å². The second-order valence-electron chi connectivity index (χ2n) is 8.47. The van der Waals surface area contributed by atoms with Crippen molar-refractivity contribution in [3.8, 4) is 0 Å². The Morgan fingerprint density at radius 3 is 1.59 bits per heavy atom. The van der Waals surface area contributed by atoms with Crippen LogP contribution in [0.5, 0.6) is 0 Å². The SMILES string of the molecule is C.CC(=O)OC1[C@H](C)OC(CO)[C@@H](O)[C@@H]1C.COC(=O)C1O[C@@H](C)C(OC(C)=O)[C@@H](C)[C@@H]1O.S=S=S=S=S=S.